The fourth-order valence-corrected chi connectivity index (χ4v) is 5.56. The van der Waals surface area contributed by atoms with Gasteiger partial charge < -0.3 is 5.32 Å². The normalized spacial score (nSPS) is 12.4. The number of carbonyl (C=O) groups is 1. The zero-order chi connectivity index (χ0) is 24.4. The van der Waals surface area contributed by atoms with Crippen LogP contribution in [0.2, 0.25) is 0 Å². The van der Waals surface area contributed by atoms with Crippen LogP contribution >= 0.6 is 0 Å². The Kier molecular flexibility index (Phi) is 7.82. The minimum absolute atomic E-state index is 0.0285. The molecule has 0 heterocycles. The number of sulfonamides is 2. The van der Waals surface area contributed by atoms with Gasteiger partial charge in [0.1, 0.15) is 5.82 Å². The quantitative estimate of drug-likeness (QED) is 0.619. The van der Waals surface area contributed by atoms with Gasteiger partial charge in [0.25, 0.3) is 5.91 Å². The highest BCUT2D eigenvalue weighted by atomic mass is 32.2. The predicted molar refractivity (Wildman–Crippen MR) is 121 cm³/mol. The molecule has 0 aliphatic rings. The minimum atomic E-state index is -3.90. The highest BCUT2D eigenvalue weighted by molar-refractivity contribution is 7.89. The summed E-state index contributed by atoms with van der Waals surface area (Å²) in [6, 6.07) is 5.80. The minimum Gasteiger partial charge on any atom is -0.322 e. The fourth-order valence-electron chi connectivity index (χ4n) is 3.06. The van der Waals surface area contributed by atoms with Crippen LogP contribution in [0.4, 0.5) is 10.1 Å². The van der Waals surface area contributed by atoms with Crippen LogP contribution in [0.3, 0.4) is 0 Å². The van der Waals surface area contributed by atoms with Crippen molar-refractivity contribution in [2.24, 2.45) is 0 Å². The van der Waals surface area contributed by atoms with Crippen molar-refractivity contribution in [2.75, 3.05) is 32.5 Å². The summed E-state index contributed by atoms with van der Waals surface area (Å²) in [6.07, 6.45) is 0. The van der Waals surface area contributed by atoms with Crippen molar-refractivity contribution in [2.45, 2.75) is 37.5 Å². The van der Waals surface area contributed by atoms with Crippen molar-refractivity contribution in [3.05, 3.63) is 52.8 Å². The average Bonchev–Trinajstić information content (AvgIpc) is 2.71. The summed E-state index contributed by atoms with van der Waals surface area (Å²) < 4.78 is 67.2. The van der Waals surface area contributed by atoms with Crippen LogP contribution < -0.4 is 5.32 Å². The Bertz CT molecular complexity index is 1240. The van der Waals surface area contributed by atoms with Gasteiger partial charge in [-0.2, -0.15) is 4.31 Å². The van der Waals surface area contributed by atoms with Gasteiger partial charge in [-0.05, 0) is 55.3 Å². The topological polar surface area (TPSA) is 104 Å². The molecule has 176 valence electrons. The average molecular weight is 486 g/mol. The van der Waals surface area contributed by atoms with Gasteiger partial charge in [-0.15, -0.1) is 0 Å². The molecule has 2 aromatic rings. The zero-order valence-corrected chi connectivity index (χ0v) is 20.6. The number of nitrogens with zero attached hydrogens (tertiary/aromatic N) is 2. The third-order valence-electron chi connectivity index (χ3n) is 5.19. The molecule has 0 aromatic heterocycles. The van der Waals surface area contributed by atoms with Gasteiger partial charge in [0.05, 0.1) is 15.4 Å². The van der Waals surface area contributed by atoms with Crippen molar-refractivity contribution in [3.8, 4) is 0 Å². The number of amides is 1. The largest absolute Gasteiger partial charge is 0.322 e. The van der Waals surface area contributed by atoms with E-state index in [0.717, 1.165) is 22.5 Å². The summed E-state index contributed by atoms with van der Waals surface area (Å²) in [4.78, 5) is 12.6. The monoisotopic (exact) mass is 485 g/mol. The second kappa shape index (κ2) is 9.65. The summed E-state index contributed by atoms with van der Waals surface area (Å²) in [6.45, 7) is 7.19. The van der Waals surface area contributed by atoms with E-state index in [1.54, 1.807) is 27.7 Å². The Morgan fingerprint density at radius 3 is 2.06 bits per heavy atom. The Morgan fingerprint density at radius 2 is 1.53 bits per heavy atom. The van der Waals surface area contributed by atoms with Crippen molar-refractivity contribution in [1.29, 1.82) is 0 Å². The molecular formula is C21H28FN3O5S2. The number of benzene rings is 2. The molecule has 0 atom stereocenters. The lowest BCUT2D eigenvalue weighted by atomic mass is 10.1. The molecule has 0 aliphatic heterocycles. The summed E-state index contributed by atoms with van der Waals surface area (Å²) >= 11 is 0. The van der Waals surface area contributed by atoms with Crippen molar-refractivity contribution < 1.29 is 26.0 Å². The Labute approximate surface area is 189 Å². The lowest BCUT2D eigenvalue weighted by molar-refractivity contribution is 0.102. The maximum Gasteiger partial charge on any atom is 0.258 e. The maximum absolute atomic E-state index is 14.5. The van der Waals surface area contributed by atoms with E-state index in [1.807, 2.05) is 0 Å². The van der Waals surface area contributed by atoms with Gasteiger partial charge in [0.2, 0.25) is 20.0 Å². The van der Waals surface area contributed by atoms with E-state index < -0.39 is 37.3 Å². The van der Waals surface area contributed by atoms with Crippen LogP contribution in [0, 0.1) is 19.7 Å². The Hall–Kier alpha value is -2.34. The van der Waals surface area contributed by atoms with Crippen molar-refractivity contribution in [1.82, 2.24) is 8.61 Å². The number of hydrogen-bond donors (Lipinski definition) is 1. The van der Waals surface area contributed by atoms with E-state index in [9.17, 15) is 26.0 Å². The number of carbonyl (C=O) groups excluding carboxylic acids is 1. The molecule has 0 unspecified atom stereocenters. The lowest BCUT2D eigenvalue weighted by Crippen LogP contribution is -2.31. The van der Waals surface area contributed by atoms with Gasteiger partial charge >= 0.3 is 0 Å². The molecule has 0 fully saturated rings. The molecule has 2 aromatic carbocycles. The van der Waals surface area contributed by atoms with Crippen LogP contribution in [-0.4, -0.2) is 58.5 Å². The smallest absolute Gasteiger partial charge is 0.258 e. The van der Waals surface area contributed by atoms with E-state index in [-0.39, 0.29) is 28.6 Å². The second-order valence-corrected chi connectivity index (χ2v) is 11.5. The van der Waals surface area contributed by atoms with E-state index in [4.69, 9.17) is 0 Å². The first-order valence-corrected chi connectivity index (χ1v) is 12.8. The van der Waals surface area contributed by atoms with Crippen molar-refractivity contribution >= 4 is 31.6 Å². The summed E-state index contributed by atoms with van der Waals surface area (Å²) in [5.74, 6) is -1.78. The molecule has 0 saturated carbocycles. The van der Waals surface area contributed by atoms with Crippen LogP contribution in [0.1, 0.15) is 35.3 Å². The number of aryl methyl sites for hydroxylation is 1. The van der Waals surface area contributed by atoms with E-state index in [2.05, 4.69) is 5.32 Å². The van der Waals surface area contributed by atoms with E-state index in [1.165, 1.54) is 30.5 Å². The first-order chi connectivity index (χ1) is 14.8. The zero-order valence-electron chi connectivity index (χ0n) is 18.9. The first-order valence-electron chi connectivity index (χ1n) is 9.92. The molecule has 1 N–H and O–H groups in total. The molecule has 0 spiro atoms. The second-order valence-electron chi connectivity index (χ2n) is 7.39. The predicted octanol–water partition coefficient (Wildman–Crippen LogP) is 2.98. The van der Waals surface area contributed by atoms with Gasteiger partial charge in [-0.3, -0.25) is 4.79 Å². The molecule has 0 aliphatic carbocycles. The summed E-state index contributed by atoms with van der Waals surface area (Å²) in [5.41, 5.74) is 0.938. The third kappa shape index (κ3) is 5.01. The van der Waals surface area contributed by atoms with Gasteiger partial charge in [-0.1, -0.05) is 13.8 Å². The van der Waals surface area contributed by atoms with Crippen LogP contribution in [0.15, 0.2) is 40.1 Å². The third-order valence-corrected chi connectivity index (χ3v) is 9.03. The first kappa shape index (κ1) is 25.9. The SMILES string of the molecule is CCN(CC)S(=O)(=O)c1ccc(F)c(C(=O)Nc2cc(S(=O)(=O)N(C)C)cc(C)c2C)c1. The standard InChI is InChI=1S/C21H28FN3O5S2/c1-7-25(8-2)32(29,30)16-9-10-19(22)18(12-16)21(26)23-20-13-17(11-14(3)15(20)4)31(27,28)24(5)6/h9-13H,7-8H2,1-6H3,(H,23,26). The lowest BCUT2D eigenvalue weighted by Gasteiger charge is -2.19. The van der Waals surface area contributed by atoms with E-state index in [0.29, 0.717) is 11.1 Å². The molecule has 1 amide bonds. The fraction of sp³-hybridized carbons (Fsp3) is 0.381. The number of rotatable bonds is 8. The van der Waals surface area contributed by atoms with Crippen LogP contribution in [-0.2, 0) is 20.0 Å². The maximum atomic E-state index is 14.5. The van der Waals surface area contributed by atoms with Gasteiger partial charge in [0, 0.05) is 32.9 Å². The van der Waals surface area contributed by atoms with Crippen molar-refractivity contribution in [3.63, 3.8) is 0 Å². The Balaban J connectivity index is 2.52. The summed E-state index contributed by atoms with van der Waals surface area (Å²) in [5, 5.41) is 2.53. The number of anilines is 1. The van der Waals surface area contributed by atoms with E-state index >= 15 is 0 Å². The Morgan fingerprint density at radius 1 is 0.938 bits per heavy atom. The molecule has 0 bridgehead atoms. The molecule has 11 heteroatoms. The summed E-state index contributed by atoms with van der Waals surface area (Å²) in [7, 11) is -4.88. The highest BCUT2D eigenvalue weighted by Crippen LogP contribution is 2.27. The van der Waals surface area contributed by atoms with Gasteiger partial charge in [0.15, 0.2) is 0 Å². The molecule has 8 nitrogen and oxygen atoms in total. The van der Waals surface area contributed by atoms with Crippen LogP contribution in [0.5, 0.6) is 0 Å². The van der Waals surface area contributed by atoms with Gasteiger partial charge in [-0.25, -0.2) is 25.5 Å². The number of nitrogens with one attached hydrogen (secondary N) is 1. The highest BCUT2D eigenvalue weighted by Gasteiger charge is 2.25. The molecular weight excluding hydrogens is 457 g/mol. The molecule has 2 rings (SSSR count). The molecule has 0 radical (unpaired) electrons. The molecule has 32 heavy (non-hydrogen) atoms. The number of hydrogen-bond acceptors (Lipinski definition) is 5. The molecule has 0 saturated heterocycles. The number of halogens is 1. The van der Waals surface area contributed by atoms with Crippen LogP contribution in [0.25, 0.3) is 0 Å².